The van der Waals surface area contributed by atoms with Crippen LogP contribution >= 0.6 is 0 Å². The van der Waals surface area contributed by atoms with Crippen molar-refractivity contribution in [3.8, 4) is 11.8 Å². The second kappa shape index (κ2) is 7.51. The van der Waals surface area contributed by atoms with E-state index in [0.29, 0.717) is 5.69 Å². The molecule has 0 fully saturated rings. The van der Waals surface area contributed by atoms with Crippen LogP contribution in [0.15, 0.2) is 41.8 Å². The van der Waals surface area contributed by atoms with Crippen molar-refractivity contribution in [3.05, 3.63) is 53.9 Å². The summed E-state index contributed by atoms with van der Waals surface area (Å²) in [6.45, 7) is -0.0954. The summed E-state index contributed by atoms with van der Waals surface area (Å²) >= 11 is 0. The minimum absolute atomic E-state index is 0.0954. The molecule has 2 heterocycles. The van der Waals surface area contributed by atoms with Gasteiger partial charge in [-0.1, -0.05) is 11.1 Å². The average Bonchev–Trinajstić information content (AvgIpc) is 2.55. The fourth-order valence-corrected chi connectivity index (χ4v) is 1.68. The fraction of sp³-hybridized carbons (Fsp3) is 0.0667. The van der Waals surface area contributed by atoms with Crippen LogP contribution in [0.1, 0.15) is 11.4 Å². The third kappa shape index (κ3) is 4.25. The molecular weight excluding hydrogens is 303 g/mol. The summed E-state index contributed by atoms with van der Waals surface area (Å²) in [5.74, 6) is 4.63. The smallest absolute Gasteiger partial charge is 0.412 e. The first-order valence-corrected chi connectivity index (χ1v) is 6.35. The van der Waals surface area contributed by atoms with Crippen molar-refractivity contribution in [3.63, 3.8) is 0 Å². The largest absolute Gasteiger partial charge is 0.465 e. The number of anilines is 1. The van der Waals surface area contributed by atoms with Crippen LogP contribution in [-0.4, -0.2) is 39.1 Å². The number of carbonyl (C=O) groups is 1. The zero-order valence-corrected chi connectivity index (χ0v) is 11.7. The number of aromatic nitrogens is 2. The molecule has 116 valence electrons. The van der Waals surface area contributed by atoms with Gasteiger partial charge in [0.2, 0.25) is 0 Å². The number of rotatable bonds is 3. The molecule has 0 aliphatic carbocycles. The van der Waals surface area contributed by atoms with E-state index in [1.807, 2.05) is 0 Å². The summed E-state index contributed by atoms with van der Waals surface area (Å²) in [7, 11) is 0. The molecule has 0 unspecified atom stereocenters. The van der Waals surface area contributed by atoms with Gasteiger partial charge in [-0.25, -0.2) is 14.2 Å². The average molecular weight is 314 g/mol. The second-order valence-corrected chi connectivity index (χ2v) is 4.18. The first-order valence-electron chi connectivity index (χ1n) is 6.35. The van der Waals surface area contributed by atoms with Crippen LogP contribution in [0, 0.1) is 17.7 Å². The molecule has 23 heavy (non-hydrogen) atoms. The molecule has 0 aromatic carbocycles. The van der Waals surface area contributed by atoms with Gasteiger partial charge in [-0.3, -0.25) is 9.88 Å². The number of amides is 1. The zero-order valence-electron chi connectivity index (χ0n) is 11.7. The lowest BCUT2D eigenvalue weighted by Crippen LogP contribution is -2.29. The molecule has 8 heteroatoms. The van der Waals surface area contributed by atoms with Crippen LogP contribution in [0.4, 0.5) is 14.9 Å². The van der Waals surface area contributed by atoms with Crippen LogP contribution in [0.25, 0.3) is 0 Å². The molecule has 2 N–H and O–H groups in total. The summed E-state index contributed by atoms with van der Waals surface area (Å²) in [6, 6.07) is 5.56. The number of oxime groups is 1. The highest BCUT2D eigenvalue weighted by molar-refractivity contribution is 5.86. The van der Waals surface area contributed by atoms with Crippen molar-refractivity contribution in [1.29, 1.82) is 0 Å². The highest BCUT2D eigenvalue weighted by Crippen LogP contribution is 2.11. The predicted octanol–water partition coefficient (Wildman–Crippen LogP) is 1.96. The van der Waals surface area contributed by atoms with Gasteiger partial charge in [0, 0.05) is 12.4 Å². The summed E-state index contributed by atoms with van der Waals surface area (Å²) in [5.41, 5.74) is 0.492. The lowest BCUT2D eigenvalue weighted by atomic mass is 10.3. The van der Waals surface area contributed by atoms with Crippen LogP contribution in [0.5, 0.6) is 0 Å². The van der Waals surface area contributed by atoms with Crippen molar-refractivity contribution in [2.24, 2.45) is 5.16 Å². The van der Waals surface area contributed by atoms with Gasteiger partial charge < -0.3 is 10.3 Å². The summed E-state index contributed by atoms with van der Waals surface area (Å²) in [5, 5.41) is 20.3. The van der Waals surface area contributed by atoms with Crippen LogP contribution in [0.3, 0.4) is 0 Å². The molecule has 0 saturated carbocycles. The Bertz CT molecular complexity index is 784. The van der Waals surface area contributed by atoms with Crippen LogP contribution in [-0.2, 0) is 0 Å². The van der Waals surface area contributed by atoms with Gasteiger partial charge in [0.25, 0.3) is 0 Å². The molecule has 2 aromatic rings. The second-order valence-electron chi connectivity index (χ2n) is 4.18. The van der Waals surface area contributed by atoms with E-state index in [-0.39, 0.29) is 17.9 Å². The number of halogens is 1. The maximum absolute atomic E-state index is 13.3. The van der Waals surface area contributed by atoms with E-state index in [4.69, 9.17) is 5.21 Å². The minimum Gasteiger partial charge on any atom is -0.465 e. The quantitative estimate of drug-likeness (QED) is 0.390. The van der Waals surface area contributed by atoms with Crippen LogP contribution < -0.4 is 4.90 Å². The summed E-state index contributed by atoms with van der Waals surface area (Å²) < 4.78 is 13.3. The Morgan fingerprint density at radius 3 is 2.74 bits per heavy atom. The number of hydrogen-bond acceptors (Lipinski definition) is 5. The van der Waals surface area contributed by atoms with E-state index in [2.05, 4.69) is 27.0 Å². The van der Waals surface area contributed by atoms with E-state index >= 15 is 0 Å². The molecule has 0 aliphatic rings. The van der Waals surface area contributed by atoms with Crippen molar-refractivity contribution in [1.82, 2.24) is 9.97 Å². The molecular formula is C15H11FN4O3. The molecule has 0 radical (unpaired) electrons. The number of pyridine rings is 2. The fourth-order valence-electron chi connectivity index (χ4n) is 1.68. The number of nitrogens with zero attached hydrogens (tertiary/aromatic N) is 4. The van der Waals surface area contributed by atoms with E-state index in [9.17, 15) is 14.3 Å². The topological polar surface area (TPSA) is 98.9 Å². The van der Waals surface area contributed by atoms with Gasteiger partial charge in [-0.2, -0.15) is 0 Å². The Morgan fingerprint density at radius 1 is 1.35 bits per heavy atom. The molecule has 0 saturated heterocycles. The first-order chi connectivity index (χ1) is 11.1. The Balaban J connectivity index is 2.18. The molecule has 0 spiro atoms. The Morgan fingerprint density at radius 2 is 2.09 bits per heavy atom. The van der Waals surface area contributed by atoms with Gasteiger partial charge in [-0.15, -0.1) is 0 Å². The van der Waals surface area contributed by atoms with Gasteiger partial charge in [0.05, 0.1) is 18.4 Å². The third-order valence-corrected chi connectivity index (χ3v) is 2.71. The zero-order chi connectivity index (χ0) is 16.7. The summed E-state index contributed by atoms with van der Waals surface area (Å²) in [4.78, 5) is 19.9. The maximum atomic E-state index is 13.3. The van der Waals surface area contributed by atoms with Gasteiger partial charge in [0.15, 0.2) is 5.82 Å². The SMILES string of the molecule is O=C(O)N(CC#Cc1ccc(F)c(/C=N\O)n1)c1ccncc1. The minimum atomic E-state index is -1.16. The normalized spacial score (nSPS) is 10.1. The molecule has 0 aliphatic heterocycles. The Kier molecular flexibility index (Phi) is 5.20. The van der Waals surface area contributed by atoms with E-state index < -0.39 is 11.9 Å². The third-order valence-electron chi connectivity index (χ3n) is 2.71. The standard InChI is InChI=1S/C15H11FN4O3/c16-13-4-3-11(19-14(13)10-18-23)2-1-9-20(15(21)22)12-5-7-17-8-6-12/h3-8,10,23H,9H2,(H,21,22)/b18-10-. The van der Waals surface area contributed by atoms with Crippen molar-refractivity contribution >= 4 is 18.0 Å². The number of hydrogen-bond donors (Lipinski definition) is 2. The Labute approximate surface area is 130 Å². The highest BCUT2D eigenvalue weighted by Gasteiger charge is 2.12. The van der Waals surface area contributed by atoms with Gasteiger partial charge >= 0.3 is 6.09 Å². The van der Waals surface area contributed by atoms with Gasteiger partial charge in [-0.05, 0) is 30.2 Å². The lowest BCUT2D eigenvalue weighted by Gasteiger charge is -2.15. The number of carboxylic acid groups (broad SMARTS) is 1. The van der Waals surface area contributed by atoms with E-state index in [1.54, 1.807) is 12.1 Å². The lowest BCUT2D eigenvalue weighted by molar-refractivity contribution is 0.202. The van der Waals surface area contributed by atoms with Gasteiger partial charge in [0.1, 0.15) is 11.4 Å². The van der Waals surface area contributed by atoms with Crippen molar-refractivity contribution in [2.75, 3.05) is 11.4 Å². The summed E-state index contributed by atoms with van der Waals surface area (Å²) in [6.07, 6.45) is 2.63. The molecule has 2 aromatic heterocycles. The molecule has 0 bridgehead atoms. The maximum Gasteiger partial charge on any atom is 0.412 e. The first kappa shape index (κ1) is 15.9. The Hall–Kier alpha value is -3.47. The molecule has 0 atom stereocenters. The molecule has 1 amide bonds. The van der Waals surface area contributed by atoms with E-state index in [0.717, 1.165) is 17.2 Å². The molecule has 7 nitrogen and oxygen atoms in total. The molecule has 2 rings (SSSR count). The van der Waals surface area contributed by atoms with Crippen molar-refractivity contribution in [2.45, 2.75) is 0 Å². The monoisotopic (exact) mass is 314 g/mol. The van der Waals surface area contributed by atoms with E-state index in [1.165, 1.54) is 18.5 Å². The van der Waals surface area contributed by atoms with Crippen LogP contribution in [0.2, 0.25) is 0 Å². The van der Waals surface area contributed by atoms with Crippen molar-refractivity contribution < 1.29 is 19.5 Å². The highest BCUT2D eigenvalue weighted by atomic mass is 19.1. The predicted molar refractivity (Wildman–Crippen MR) is 80.1 cm³/mol.